The van der Waals surface area contributed by atoms with Crippen molar-refractivity contribution < 1.29 is 9.18 Å². The van der Waals surface area contributed by atoms with E-state index < -0.39 is 5.82 Å². The van der Waals surface area contributed by atoms with E-state index in [2.05, 4.69) is 24.0 Å². The summed E-state index contributed by atoms with van der Waals surface area (Å²) in [6.45, 7) is 6.67. The molecule has 5 rings (SSSR count). The van der Waals surface area contributed by atoms with Crippen molar-refractivity contribution in [2.75, 3.05) is 31.1 Å². The standard InChI is InChI=1S/C24H24FN5OS/c1-16-7-5-8-18(15-16)30-22-21(17(2)27-30)32-24(26-22)29-12-6-11-28(13-14-29)23(31)19-9-3-4-10-20(19)25/h3-5,7-10,15H,6,11-14H2,1-2H3. The van der Waals surface area contributed by atoms with Crippen molar-refractivity contribution >= 4 is 32.7 Å². The SMILES string of the molecule is Cc1cccc(-n2nc(C)c3sc(N4CCCN(C(=O)c5ccccc5F)CC4)nc32)c1. The number of halogens is 1. The molecule has 0 aliphatic carbocycles. The summed E-state index contributed by atoms with van der Waals surface area (Å²) in [5, 5.41) is 5.63. The second kappa shape index (κ2) is 8.35. The van der Waals surface area contributed by atoms with Crippen LogP contribution in [0.1, 0.15) is 28.0 Å². The molecule has 3 heterocycles. The summed E-state index contributed by atoms with van der Waals surface area (Å²) >= 11 is 1.64. The summed E-state index contributed by atoms with van der Waals surface area (Å²) in [5.74, 6) is -0.721. The molecule has 1 amide bonds. The number of carbonyl (C=O) groups is 1. The maximum Gasteiger partial charge on any atom is 0.256 e. The van der Waals surface area contributed by atoms with Gasteiger partial charge >= 0.3 is 0 Å². The van der Waals surface area contributed by atoms with Gasteiger partial charge in [-0.2, -0.15) is 10.1 Å². The Hall–Kier alpha value is -3.26. The lowest BCUT2D eigenvalue weighted by Gasteiger charge is -2.22. The Morgan fingerprint density at radius 2 is 1.88 bits per heavy atom. The van der Waals surface area contributed by atoms with Crippen LogP contribution in [0.3, 0.4) is 0 Å². The second-order valence-electron chi connectivity index (χ2n) is 8.10. The Morgan fingerprint density at radius 3 is 2.69 bits per heavy atom. The number of carbonyl (C=O) groups excluding carboxylic acids is 1. The highest BCUT2D eigenvalue weighted by Crippen LogP contribution is 2.33. The Bertz CT molecular complexity index is 1300. The number of fused-ring (bicyclic) bond motifs is 1. The first-order valence-electron chi connectivity index (χ1n) is 10.7. The van der Waals surface area contributed by atoms with E-state index in [0.717, 1.165) is 39.8 Å². The molecule has 8 heteroatoms. The summed E-state index contributed by atoms with van der Waals surface area (Å²) in [6, 6.07) is 14.4. The molecule has 1 aliphatic rings. The van der Waals surface area contributed by atoms with Crippen molar-refractivity contribution in [3.63, 3.8) is 0 Å². The van der Waals surface area contributed by atoms with Crippen LogP contribution in [-0.2, 0) is 0 Å². The molecular formula is C24H24FN5OS. The van der Waals surface area contributed by atoms with Crippen LogP contribution in [0.5, 0.6) is 0 Å². The van der Waals surface area contributed by atoms with Gasteiger partial charge in [0.25, 0.3) is 5.91 Å². The molecule has 2 aromatic carbocycles. The van der Waals surface area contributed by atoms with Gasteiger partial charge < -0.3 is 9.80 Å². The van der Waals surface area contributed by atoms with Crippen LogP contribution < -0.4 is 4.90 Å². The lowest BCUT2D eigenvalue weighted by Crippen LogP contribution is -2.35. The molecule has 0 spiro atoms. The minimum Gasteiger partial charge on any atom is -0.346 e. The predicted octanol–water partition coefficient (Wildman–Crippen LogP) is 4.59. The summed E-state index contributed by atoms with van der Waals surface area (Å²) in [6.07, 6.45) is 0.805. The van der Waals surface area contributed by atoms with Gasteiger partial charge in [-0.15, -0.1) is 0 Å². The highest BCUT2D eigenvalue weighted by atomic mass is 32.1. The van der Waals surface area contributed by atoms with E-state index in [4.69, 9.17) is 10.1 Å². The Balaban J connectivity index is 1.39. The molecule has 164 valence electrons. The van der Waals surface area contributed by atoms with Crippen LogP contribution in [0.25, 0.3) is 16.0 Å². The van der Waals surface area contributed by atoms with Crippen LogP contribution in [-0.4, -0.2) is 51.8 Å². The molecule has 0 bridgehead atoms. The molecule has 0 unspecified atom stereocenters. The molecule has 0 radical (unpaired) electrons. The van der Waals surface area contributed by atoms with E-state index in [9.17, 15) is 9.18 Å². The minimum absolute atomic E-state index is 0.134. The molecule has 0 atom stereocenters. The van der Waals surface area contributed by atoms with Gasteiger partial charge in [0.2, 0.25) is 0 Å². The van der Waals surface area contributed by atoms with Crippen LogP contribution in [0.2, 0.25) is 0 Å². The van der Waals surface area contributed by atoms with E-state index in [1.165, 1.54) is 11.6 Å². The highest BCUT2D eigenvalue weighted by molar-refractivity contribution is 7.22. The van der Waals surface area contributed by atoms with Gasteiger partial charge in [0, 0.05) is 26.2 Å². The minimum atomic E-state index is -0.471. The number of nitrogens with zero attached hydrogens (tertiary/aromatic N) is 5. The molecule has 1 aliphatic heterocycles. The van der Waals surface area contributed by atoms with E-state index in [1.54, 1.807) is 34.4 Å². The lowest BCUT2D eigenvalue weighted by molar-refractivity contribution is 0.0762. The van der Waals surface area contributed by atoms with Gasteiger partial charge in [-0.25, -0.2) is 9.07 Å². The van der Waals surface area contributed by atoms with Gasteiger partial charge in [-0.3, -0.25) is 4.79 Å². The van der Waals surface area contributed by atoms with E-state index in [-0.39, 0.29) is 11.5 Å². The summed E-state index contributed by atoms with van der Waals surface area (Å²) in [5.41, 5.74) is 4.12. The molecular weight excluding hydrogens is 425 g/mol. The van der Waals surface area contributed by atoms with Gasteiger partial charge in [-0.05, 0) is 50.1 Å². The Labute approximate surface area is 189 Å². The first-order chi connectivity index (χ1) is 15.5. The van der Waals surface area contributed by atoms with E-state index in [0.29, 0.717) is 19.6 Å². The molecule has 1 saturated heterocycles. The number of benzene rings is 2. The fraction of sp³-hybridized carbons (Fsp3) is 0.292. The van der Waals surface area contributed by atoms with E-state index >= 15 is 0 Å². The maximum absolute atomic E-state index is 14.1. The first-order valence-corrected chi connectivity index (χ1v) is 11.5. The zero-order valence-electron chi connectivity index (χ0n) is 18.1. The summed E-state index contributed by atoms with van der Waals surface area (Å²) < 4.78 is 17.1. The number of anilines is 1. The van der Waals surface area contributed by atoms with Gasteiger partial charge in [0.1, 0.15) is 5.82 Å². The van der Waals surface area contributed by atoms with Gasteiger partial charge in [0.05, 0.1) is 21.6 Å². The number of aromatic nitrogens is 3. The largest absolute Gasteiger partial charge is 0.346 e. The molecule has 6 nitrogen and oxygen atoms in total. The third-order valence-electron chi connectivity index (χ3n) is 5.78. The number of amides is 1. The molecule has 32 heavy (non-hydrogen) atoms. The average molecular weight is 450 g/mol. The van der Waals surface area contributed by atoms with Gasteiger partial charge in [0.15, 0.2) is 10.8 Å². The normalized spacial score (nSPS) is 14.7. The first kappa shape index (κ1) is 20.6. The van der Waals surface area contributed by atoms with E-state index in [1.807, 2.05) is 23.7 Å². The van der Waals surface area contributed by atoms with Crippen molar-refractivity contribution in [3.8, 4) is 5.69 Å². The van der Waals surface area contributed by atoms with Crippen molar-refractivity contribution in [2.24, 2.45) is 0 Å². The van der Waals surface area contributed by atoms with Gasteiger partial charge in [-0.1, -0.05) is 35.6 Å². The molecule has 0 N–H and O–H groups in total. The monoisotopic (exact) mass is 449 g/mol. The Kier molecular flexibility index (Phi) is 5.38. The van der Waals surface area contributed by atoms with Crippen LogP contribution in [0.4, 0.5) is 9.52 Å². The number of thiazole rings is 1. The molecule has 0 saturated carbocycles. The summed E-state index contributed by atoms with van der Waals surface area (Å²) in [7, 11) is 0. The second-order valence-corrected chi connectivity index (χ2v) is 9.08. The zero-order chi connectivity index (χ0) is 22.2. The zero-order valence-corrected chi connectivity index (χ0v) is 18.9. The molecule has 2 aromatic heterocycles. The summed E-state index contributed by atoms with van der Waals surface area (Å²) in [4.78, 5) is 21.7. The number of aryl methyl sites for hydroxylation is 2. The number of hydrogen-bond donors (Lipinski definition) is 0. The average Bonchev–Trinajstić information content (AvgIpc) is 3.24. The van der Waals surface area contributed by atoms with Crippen LogP contribution in [0.15, 0.2) is 48.5 Å². The number of rotatable bonds is 3. The highest BCUT2D eigenvalue weighted by Gasteiger charge is 2.25. The predicted molar refractivity (Wildman–Crippen MR) is 125 cm³/mol. The van der Waals surface area contributed by atoms with Crippen LogP contribution in [0, 0.1) is 19.7 Å². The van der Waals surface area contributed by atoms with Crippen molar-refractivity contribution in [1.82, 2.24) is 19.7 Å². The third-order valence-corrected chi connectivity index (χ3v) is 7.00. The van der Waals surface area contributed by atoms with Crippen molar-refractivity contribution in [3.05, 3.63) is 71.2 Å². The quantitative estimate of drug-likeness (QED) is 0.459. The van der Waals surface area contributed by atoms with Crippen molar-refractivity contribution in [1.29, 1.82) is 0 Å². The molecule has 4 aromatic rings. The smallest absolute Gasteiger partial charge is 0.256 e. The topological polar surface area (TPSA) is 54.3 Å². The fourth-order valence-electron chi connectivity index (χ4n) is 4.11. The molecule has 1 fully saturated rings. The lowest BCUT2D eigenvalue weighted by atomic mass is 10.2. The maximum atomic E-state index is 14.1. The Morgan fingerprint density at radius 1 is 1.03 bits per heavy atom. The third kappa shape index (κ3) is 3.75. The number of hydrogen-bond acceptors (Lipinski definition) is 5. The fourth-order valence-corrected chi connectivity index (χ4v) is 5.15. The van der Waals surface area contributed by atoms with Crippen molar-refractivity contribution in [2.45, 2.75) is 20.3 Å². The van der Waals surface area contributed by atoms with Crippen LogP contribution >= 0.6 is 11.3 Å².